The Balaban J connectivity index is 1.29. The van der Waals surface area contributed by atoms with E-state index in [-0.39, 0.29) is 11.9 Å². The minimum atomic E-state index is -0.212. The molecule has 3 aromatic carbocycles. The van der Waals surface area contributed by atoms with E-state index in [9.17, 15) is 9.59 Å². The van der Waals surface area contributed by atoms with E-state index in [0.717, 1.165) is 28.8 Å². The van der Waals surface area contributed by atoms with Crippen LogP contribution in [0.4, 0.5) is 16.2 Å². The molecule has 8 heteroatoms. The van der Waals surface area contributed by atoms with E-state index in [1.807, 2.05) is 41.3 Å². The van der Waals surface area contributed by atoms with Crippen LogP contribution in [0.5, 0.6) is 11.5 Å². The molecule has 0 saturated carbocycles. The van der Waals surface area contributed by atoms with E-state index in [4.69, 9.17) is 14.2 Å². The zero-order chi connectivity index (χ0) is 25.1. The molecule has 8 nitrogen and oxygen atoms in total. The third-order valence-electron chi connectivity index (χ3n) is 6.63. The van der Waals surface area contributed by atoms with Crippen LogP contribution in [0.15, 0.2) is 60.7 Å². The Morgan fingerprint density at radius 2 is 1.61 bits per heavy atom. The Kier molecular flexibility index (Phi) is 6.77. The van der Waals surface area contributed by atoms with Crippen LogP contribution in [-0.4, -0.2) is 63.9 Å². The number of morpholine rings is 1. The molecule has 2 heterocycles. The van der Waals surface area contributed by atoms with Gasteiger partial charge < -0.3 is 24.4 Å². The predicted molar refractivity (Wildman–Crippen MR) is 138 cm³/mol. The molecular weight excluding hydrogens is 458 g/mol. The van der Waals surface area contributed by atoms with Crippen LogP contribution >= 0.6 is 0 Å². The van der Waals surface area contributed by atoms with Crippen molar-refractivity contribution in [3.63, 3.8) is 0 Å². The van der Waals surface area contributed by atoms with E-state index in [1.54, 1.807) is 37.3 Å². The molecule has 0 bridgehead atoms. The first-order valence-electron chi connectivity index (χ1n) is 12.0. The fourth-order valence-electron chi connectivity index (χ4n) is 4.63. The van der Waals surface area contributed by atoms with Crippen molar-refractivity contribution in [2.45, 2.75) is 6.42 Å². The standard InChI is InChI=1S/C28H29N3O5/c1-34-23-8-9-24(26(18-23)35-2)29-28(33)31-12-11-22-17-21(7-10-25(22)31)19-3-5-20(6-4-19)27(32)30-13-15-36-16-14-30/h3-10,17-18H,11-16H2,1-2H3,(H,29,33). The highest BCUT2D eigenvalue weighted by Crippen LogP contribution is 2.34. The third-order valence-corrected chi connectivity index (χ3v) is 6.63. The number of rotatable bonds is 5. The molecule has 0 radical (unpaired) electrons. The van der Waals surface area contributed by atoms with E-state index in [1.165, 1.54) is 0 Å². The Hall–Kier alpha value is -4.04. The molecule has 1 N–H and O–H groups in total. The molecule has 2 aliphatic rings. The number of nitrogens with zero attached hydrogens (tertiary/aromatic N) is 2. The predicted octanol–water partition coefficient (Wildman–Crippen LogP) is 4.44. The van der Waals surface area contributed by atoms with Crippen LogP contribution in [0.25, 0.3) is 11.1 Å². The molecule has 3 aromatic rings. The van der Waals surface area contributed by atoms with Gasteiger partial charge in [-0.05, 0) is 59.5 Å². The van der Waals surface area contributed by atoms with Gasteiger partial charge in [0.15, 0.2) is 0 Å². The first-order chi connectivity index (χ1) is 17.6. The van der Waals surface area contributed by atoms with Crippen LogP contribution < -0.4 is 19.7 Å². The average molecular weight is 488 g/mol. The van der Waals surface area contributed by atoms with Gasteiger partial charge in [-0.15, -0.1) is 0 Å². The number of methoxy groups -OCH3 is 2. The fraction of sp³-hybridized carbons (Fsp3) is 0.286. The molecule has 0 aliphatic carbocycles. The summed E-state index contributed by atoms with van der Waals surface area (Å²) in [6, 6.07) is 18.9. The van der Waals surface area contributed by atoms with E-state index in [2.05, 4.69) is 11.4 Å². The summed E-state index contributed by atoms with van der Waals surface area (Å²) in [5.41, 5.74) is 5.35. The van der Waals surface area contributed by atoms with Crippen molar-refractivity contribution >= 4 is 23.3 Å². The number of carbonyl (C=O) groups excluding carboxylic acids is 2. The quantitative estimate of drug-likeness (QED) is 0.576. The summed E-state index contributed by atoms with van der Waals surface area (Å²) in [6.45, 7) is 3.01. The Bertz CT molecular complexity index is 1270. The van der Waals surface area contributed by atoms with Gasteiger partial charge in [0.25, 0.3) is 5.91 Å². The number of ether oxygens (including phenoxy) is 3. The van der Waals surface area contributed by atoms with Gasteiger partial charge in [-0.2, -0.15) is 0 Å². The lowest BCUT2D eigenvalue weighted by Crippen LogP contribution is -2.40. The van der Waals surface area contributed by atoms with Gasteiger partial charge in [0.05, 0.1) is 33.1 Å². The molecule has 2 aliphatic heterocycles. The summed E-state index contributed by atoms with van der Waals surface area (Å²) in [5.74, 6) is 1.23. The van der Waals surface area contributed by atoms with Crippen molar-refractivity contribution < 1.29 is 23.8 Å². The van der Waals surface area contributed by atoms with Crippen LogP contribution in [0.3, 0.4) is 0 Å². The molecule has 1 saturated heterocycles. The Morgan fingerprint density at radius 3 is 2.33 bits per heavy atom. The number of hydrogen-bond donors (Lipinski definition) is 1. The summed E-state index contributed by atoms with van der Waals surface area (Å²) in [5, 5.41) is 2.95. The number of hydrogen-bond acceptors (Lipinski definition) is 5. The smallest absolute Gasteiger partial charge is 0.326 e. The number of nitrogens with one attached hydrogen (secondary N) is 1. The Morgan fingerprint density at radius 1 is 0.861 bits per heavy atom. The van der Waals surface area contributed by atoms with E-state index < -0.39 is 0 Å². The van der Waals surface area contributed by atoms with Crippen molar-refractivity contribution in [1.82, 2.24) is 4.90 Å². The Labute approximate surface area is 210 Å². The maximum Gasteiger partial charge on any atom is 0.326 e. The van der Waals surface area contributed by atoms with Crippen molar-refractivity contribution in [2.24, 2.45) is 0 Å². The van der Waals surface area contributed by atoms with Gasteiger partial charge >= 0.3 is 6.03 Å². The molecule has 186 valence electrons. The maximum atomic E-state index is 13.1. The highest BCUT2D eigenvalue weighted by Gasteiger charge is 2.26. The monoisotopic (exact) mass is 487 g/mol. The number of fused-ring (bicyclic) bond motifs is 1. The van der Waals surface area contributed by atoms with Gasteiger partial charge in [-0.3, -0.25) is 9.69 Å². The SMILES string of the molecule is COc1ccc(NC(=O)N2CCc3cc(-c4ccc(C(=O)N5CCOCC5)cc4)ccc32)c(OC)c1. The van der Waals surface area contributed by atoms with Crippen molar-refractivity contribution in [3.05, 3.63) is 71.8 Å². The second-order valence-corrected chi connectivity index (χ2v) is 8.72. The second-order valence-electron chi connectivity index (χ2n) is 8.72. The summed E-state index contributed by atoms with van der Waals surface area (Å²) >= 11 is 0. The van der Waals surface area contributed by atoms with Crippen LogP contribution in [-0.2, 0) is 11.2 Å². The van der Waals surface area contributed by atoms with Gasteiger partial charge in [0.1, 0.15) is 11.5 Å². The lowest BCUT2D eigenvalue weighted by atomic mass is 10.0. The fourth-order valence-corrected chi connectivity index (χ4v) is 4.63. The second kappa shape index (κ2) is 10.3. The number of amides is 3. The summed E-state index contributed by atoms with van der Waals surface area (Å²) in [7, 11) is 3.14. The topological polar surface area (TPSA) is 80.3 Å². The number of carbonyl (C=O) groups is 2. The number of benzene rings is 3. The zero-order valence-corrected chi connectivity index (χ0v) is 20.5. The number of anilines is 2. The third kappa shape index (κ3) is 4.72. The highest BCUT2D eigenvalue weighted by molar-refractivity contribution is 6.04. The normalized spacial score (nSPS) is 14.8. The summed E-state index contributed by atoms with van der Waals surface area (Å²) < 4.78 is 16.0. The summed E-state index contributed by atoms with van der Waals surface area (Å²) in [4.78, 5) is 29.4. The summed E-state index contributed by atoms with van der Waals surface area (Å²) in [6.07, 6.45) is 0.768. The molecular formula is C28H29N3O5. The molecule has 5 rings (SSSR count). The molecule has 3 amide bonds. The lowest BCUT2D eigenvalue weighted by Gasteiger charge is -2.26. The van der Waals surface area contributed by atoms with Crippen molar-refractivity contribution in [3.8, 4) is 22.6 Å². The highest BCUT2D eigenvalue weighted by atomic mass is 16.5. The molecule has 0 spiro atoms. The van der Waals surface area contributed by atoms with Crippen molar-refractivity contribution in [1.29, 1.82) is 0 Å². The molecule has 0 aromatic heterocycles. The molecule has 1 fully saturated rings. The van der Waals surface area contributed by atoms with Crippen LogP contribution in [0.2, 0.25) is 0 Å². The van der Waals surface area contributed by atoms with Crippen molar-refractivity contribution in [2.75, 3.05) is 57.3 Å². The number of urea groups is 1. The first kappa shape index (κ1) is 23.7. The van der Waals surface area contributed by atoms with E-state index in [0.29, 0.717) is 55.6 Å². The van der Waals surface area contributed by atoms with Crippen LogP contribution in [0.1, 0.15) is 15.9 Å². The van der Waals surface area contributed by atoms with Crippen LogP contribution in [0, 0.1) is 0 Å². The maximum absolute atomic E-state index is 13.1. The van der Waals surface area contributed by atoms with E-state index >= 15 is 0 Å². The van der Waals surface area contributed by atoms with Gasteiger partial charge in [-0.25, -0.2) is 4.79 Å². The molecule has 36 heavy (non-hydrogen) atoms. The van der Waals surface area contributed by atoms with Gasteiger partial charge in [0.2, 0.25) is 0 Å². The van der Waals surface area contributed by atoms with Gasteiger partial charge in [-0.1, -0.05) is 18.2 Å². The molecule has 0 atom stereocenters. The minimum absolute atomic E-state index is 0.0361. The average Bonchev–Trinajstić information content (AvgIpc) is 3.37. The lowest BCUT2D eigenvalue weighted by molar-refractivity contribution is 0.0303. The van der Waals surface area contributed by atoms with Gasteiger partial charge in [0, 0.05) is 37.0 Å². The molecule has 0 unspecified atom stereocenters. The zero-order valence-electron chi connectivity index (χ0n) is 20.5. The largest absolute Gasteiger partial charge is 0.497 e. The first-order valence-corrected chi connectivity index (χ1v) is 12.0. The minimum Gasteiger partial charge on any atom is -0.497 e.